The lowest BCUT2D eigenvalue weighted by atomic mass is 9.93. The van der Waals surface area contributed by atoms with Gasteiger partial charge in [-0.1, -0.05) is 42.3 Å². The van der Waals surface area contributed by atoms with Crippen molar-refractivity contribution in [3.05, 3.63) is 40.4 Å². The summed E-state index contributed by atoms with van der Waals surface area (Å²) in [6, 6.07) is 4.88. The van der Waals surface area contributed by atoms with E-state index in [0.717, 1.165) is 25.7 Å². The quantitative estimate of drug-likeness (QED) is 0.749. The van der Waals surface area contributed by atoms with E-state index in [4.69, 9.17) is 23.2 Å². The SMILES string of the molecule is CCCN(CC(=O)Nc1ccc(Cl)cc1Cl)C(=O)[C@@H]1CC=CCC1. The molecule has 0 unspecified atom stereocenters. The van der Waals surface area contributed by atoms with E-state index in [1.807, 2.05) is 13.0 Å². The van der Waals surface area contributed by atoms with Gasteiger partial charge in [0.05, 0.1) is 17.3 Å². The highest BCUT2D eigenvalue weighted by atomic mass is 35.5. The Balaban J connectivity index is 1.99. The lowest BCUT2D eigenvalue weighted by molar-refractivity contribution is -0.138. The number of nitrogens with one attached hydrogen (secondary N) is 1. The van der Waals surface area contributed by atoms with Crippen LogP contribution in [0.1, 0.15) is 32.6 Å². The van der Waals surface area contributed by atoms with E-state index < -0.39 is 0 Å². The molecule has 0 bridgehead atoms. The third-order valence-corrected chi connectivity index (χ3v) is 4.51. The molecule has 0 heterocycles. The number of allylic oxidation sites excluding steroid dienone is 2. The molecule has 0 fully saturated rings. The molecule has 130 valence electrons. The molecular formula is C18H22Cl2N2O2. The molecule has 1 aromatic carbocycles. The Kier molecular flexibility index (Phi) is 7.13. The summed E-state index contributed by atoms with van der Waals surface area (Å²) in [5, 5.41) is 3.63. The number of halogens is 2. The van der Waals surface area contributed by atoms with Crippen LogP contribution >= 0.6 is 23.2 Å². The summed E-state index contributed by atoms with van der Waals surface area (Å²) in [4.78, 5) is 26.6. The summed E-state index contributed by atoms with van der Waals surface area (Å²) < 4.78 is 0. The van der Waals surface area contributed by atoms with E-state index in [-0.39, 0.29) is 24.3 Å². The number of carbonyl (C=O) groups excluding carboxylic acids is 2. The van der Waals surface area contributed by atoms with Gasteiger partial charge in [0.1, 0.15) is 0 Å². The Morgan fingerprint density at radius 2 is 2.08 bits per heavy atom. The molecule has 24 heavy (non-hydrogen) atoms. The number of nitrogens with zero attached hydrogens (tertiary/aromatic N) is 1. The van der Waals surface area contributed by atoms with Gasteiger partial charge in [0.15, 0.2) is 0 Å². The molecule has 2 amide bonds. The number of hydrogen-bond donors (Lipinski definition) is 1. The van der Waals surface area contributed by atoms with Crippen LogP contribution in [0.3, 0.4) is 0 Å². The van der Waals surface area contributed by atoms with Crippen LogP contribution < -0.4 is 5.32 Å². The van der Waals surface area contributed by atoms with Gasteiger partial charge in [-0.2, -0.15) is 0 Å². The van der Waals surface area contributed by atoms with Gasteiger partial charge >= 0.3 is 0 Å². The second-order valence-corrected chi connectivity index (χ2v) is 6.76. The first-order valence-electron chi connectivity index (χ1n) is 8.20. The molecule has 4 nitrogen and oxygen atoms in total. The summed E-state index contributed by atoms with van der Waals surface area (Å²) in [5.74, 6) is -0.223. The molecule has 0 saturated heterocycles. The van der Waals surface area contributed by atoms with E-state index in [0.29, 0.717) is 22.3 Å². The predicted molar refractivity (Wildman–Crippen MR) is 98.4 cm³/mol. The minimum Gasteiger partial charge on any atom is -0.333 e. The number of benzene rings is 1. The summed E-state index contributed by atoms with van der Waals surface area (Å²) in [7, 11) is 0. The van der Waals surface area contributed by atoms with Gasteiger partial charge < -0.3 is 10.2 Å². The normalized spacial score (nSPS) is 16.7. The molecule has 1 atom stereocenters. The van der Waals surface area contributed by atoms with Crippen molar-refractivity contribution in [2.75, 3.05) is 18.4 Å². The van der Waals surface area contributed by atoms with Crippen LogP contribution in [0.4, 0.5) is 5.69 Å². The first-order valence-corrected chi connectivity index (χ1v) is 8.95. The smallest absolute Gasteiger partial charge is 0.244 e. The molecular weight excluding hydrogens is 347 g/mol. The Bertz CT molecular complexity index is 631. The largest absolute Gasteiger partial charge is 0.333 e. The molecule has 1 aromatic rings. The fourth-order valence-corrected chi connectivity index (χ4v) is 3.22. The molecule has 0 radical (unpaired) electrons. The van der Waals surface area contributed by atoms with Crippen molar-refractivity contribution in [1.82, 2.24) is 4.90 Å². The standard InChI is InChI=1S/C18H22Cl2N2O2/c1-2-10-22(18(24)13-6-4-3-5-7-13)12-17(23)21-16-9-8-14(19)11-15(16)20/h3-4,8-9,11,13H,2,5-7,10,12H2,1H3,(H,21,23)/t13-/m1/s1. The topological polar surface area (TPSA) is 49.4 Å². The number of amides is 2. The van der Waals surface area contributed by atoms with E-state index in [2.05, 4.69) is 11.4 Å². The Hall–Kier alpha value is -1.52. The first kappa shape index (κ1) is 18.8. The molecule has 0 saturated carbocycles. The van der Waals surface area contributed by atoms with Crippen molar-refractivity contribution in [1.29, 1.82) is 0 Å². The second kappa shape index (κ2) is 9.09. The van der Waals surface area contributed by atoms with Crippen molar-refractivity contribution >= 4 is 40.7 Å². The third kappa shape index (κ3) is 5.25. The number of carbonyl (C=O) groups is 2. The summed E-state index contributed by atoms with van der Waals surface area (Å²) in [6.45, 7) is 2.60. The maximum atomic E-state index is 12.7. The van der Waals surface area contributed by atoms with Crippen molar-refractivity contribution in [2.24, 2.45) is 5.92 Å². The number of anilines is 1. The van der Waals surface area contributed by atoms with Gasteiger partial charge in [0.25, 0.3) is 0 Å². The van der Waals surface area contributed by atoms with Crippen LogP contribution in [0.5, 0.6) is 0 Å². The van der Waals surface area contributed by atoms with Crippen molar-refractivity contribution in [3.8, 4) is 0 Å². The van der Waals surface area contributed by atoms with Gasteiger partial charge in [-0.05, 0) is 43.9 Å². The van der Waals surface area contributed by atoms with E-state index >= 15 is 0 Å². The Labute approximate surface area is 152 Å². The Morgan fingerprint density at radius 1 is 1.29 bits per heavy atom. The van der Waals surface area contributed by atoms with Crippen LogP contribution in [0.15, 0.2) is 30.4 Å². The highest BCUT2D eigenvalue weighted by molar-refractivity contribution is 6.36. The van der Waals surface area contributed by atoms with E-state index in [1.165, 1.54) is 0 Å². The van der Waals surface area contributed by atoms with Crippen LogP contribution in [0.25, 0.3) is 0 Å². The van der Waals surface area contributed by atoms with Crippen molar-refractivity contribution in [2.45, 2.75) is 32.6 Å². The molecule has 6 heteroatoms. The average molecular weight is 369 g/mol. The minimum absolute atomic E-state index is 0.0199. The zero-order chi connectivity index (χ0) is 17.5. The van der Waals surface area contributed by atoms with Gasteiger partial charge in [-0.3, -0.25) is 9.59 Å². The highest BCUT2D eigenvalue weighted by Gasteiger charge is 2.25. The lowest BCUT2D eigenvalue weighted by Crippen LogP contribution is -2.42. The molecule has 2 rings (SSSR count). The maximum Gasteiger partial charge on any atom is 0.244 e. The summed E-state index contributed by atoms with van der Waals surface area (Å²) >= 11 is 11.9. The Morgan fingerprint density at radius 3 is 2.71 bits per heavy atom. The van der Waals surface area contributed by atoms with Crippen LogP contribution in [-0.4, -0.2) is 29.8 Å². The minimum atomic E-state index is -0.257. The molecule has 0 aromatic heterocycles. The average Bonchev–Trinajstić information content (AvgIpc) is 2.57. The van der Waals surface area contributed by atoms with Gasteiger partial charge in [0.2, 0.25) is 11.8 Å². The fraction of sp³-hybridized carbons (Fsp3) is 0.444. The first-order chi connectivity index (χ1) is 11.5. The fourth-order valence-electron chi connectivity index (χ4n) is 2.77. The second-order valence-electron chi connectivity index (χ2n) is 5.91. The van der Waals surface area contributed by atoms with Gasteiger partial charge in [-0.15, -0.1) is 0 Å². The number of rotatable bonds is 6. The number of hydrogen-bond acceptors (Lipinski definition) is 2. The monoisotopic (exact) mass is 368 g/mol. The molecule has 0 spiro atoms. The lowest BCUT2D eigenvalue weighted by Gasteiger charge is -2.27. The van der Waals surface area contributed by atoms with Crippen LogP contribution in [0, 0.1) is 5.92 Å². The molecule has 1 N–H and O–H groups in total. The van der Waals surface area contributed by atoms with Crippen molar-refractivity contribution < 1.29 is 9.59 Å². The van der Waals surface area contributed by atoms with Gasteiger partial charge in [-0.25, -0.2) is 0 Å². The van der Waals surface area contributed by atoms with E-state index in [9.17, 15) is 9.59 Å². The van der Waals surface area contributed by atoms with E-state index in [1.54, 1.807) is 23.1 Å². The summed E-state index contributed by atoms with van der Waals surface area (Å²) in [6.07, 6.45) is 7.48. The molecule has 1 aliphatic carbocycles. The third-order valence-electron chi connectivity index (χ3n) is 3.96. The zero-order valence-electron chi connectivity index (χ0n) is 13.7. The molecule has 0 aliphatic heterocycles. The summed E-state index contributed by atoms with van der Waals surface area (Å²) in [5.41, 5.74) is 0.496. The van der Waals surface area contributed by atoms with Crippen molar-refractivity contribution in [3.63, 3.8) is 0 Å². The van der Waals surface area contributed by atoms with Gasteiger partial charge in [0, 0.05) is 17.5 Å². The molecule has 1 aliphatic rings. The van der Waals surface area contributed by atoms with Crippen LogP contribution in [0.2, 0.25) is 10.0 Å². The van der Waals surface area contributed by atoms with Crippen LogP contribution in [-0.2, 0) is 9.59 Å². The highest BCUT2D eigenvalue weighted by Crippen LogP contribution is 2.25. The maximum absolute atomic E-state index is 12.7. The zero-order valence-corrected chi connectivity index (χ0v) is 15.2. The predicted octanol–water partition coefficient (Wildman–Crippen LogP) is 4.53.